The molecule has 2 unspecified atom stereocenters. The van der Waals surface area contributed by atoms with Crippen molar-refractivity contribution in [1.29, 1.82) is 0 Å². The molecular formula is C17H19NO3. The number of anilines is 1. The minimum atomic E-state index is -0.746. The summed E-state index contributed by atoms with van der Waals surface area (Å²) in [4.78, 5) is 23.5. The molecule has 4 rings (SSSR count). The first-order valence-corrected chi connectivity index (χ1v) is 7.73. The molecule has 2 N–H and O–H groups in total. The monoisotopic (exact) mass is 285 g/mol. The molecule has 0 aromatic heterocycles. The highest BCUT2D eigenvalue weighted by Gasteiger charge is 2.51. The summed E-state index contributed by atoms with van der Waals surface area (Å²) in [5.74, 6) is 1.14. The van der Waals surface area contributed by atoms with Gasteiger partial charge in [-0.25, -0.2) is 0 Å². The summed E-state index contributed by atoms with van der Waals surface area (Å²) in [6.07, 6.45) is 4.81. The molecule has 3 fully saturated rings. The minimum absolute atomic E-state index is 0.120. The number of carbonyl (C=O) groups is 2. The van der Waals surface area contributed by atoms with Gasteiger partial charge in [0.25, 0.3) is 0 Å². The number of rotatable bonds is 4. The Hall–Kier alpha value is -1.84. The van der Waals surface area contributed by atoms with Crippen molar-refractivity contribution in [3.05, 3.63) is 29.8 Å². The zero-order valence-electron chi connectivity index (χ0n) is 11.8. The molecule has 2 atom stereocenters. The molecule has 3 aliphatic rings. The van der Waals surface area contributed by atoms with Crippen molar-refractivity contribution in [3.63, 3.8) is 0 Å². The Morgan fingerprint density at radius 2 is 1.67 bits per heavy atom. The SMILES string of the molecule is O=C(Nc1ccc(C2(C(=O)O)CC2)cc1)C1CC2CC2C1. The fourth-order valence-corrected chi connectivity index (χ4v) is 3.80. The molecular weight excluding hydrogens is 266 g/mol. The molecule has 110 valence electrons. The summed E-state index contributed by atoms with van der Waals surface area (Å²) in [6, 6.07) is 7.32. The van der Waals surface area contributed by atoms with Crippen LogP contribution in [0.15, 0.2) is 24.3 Å². The molecule has 0 spiro atoms. The van der Waals surface area contributed by atoms with Crippen LogP contribution >= 0.6 is 0 Å². The van der Waals surface area contributed by atoms with Gasteiger partial charge in [-0.15, -0.1) is 0 Å². The minimum Gasteiger partial charge on any atom is -0.481 e. The van der Waals surface area contributed by atoms with Crippen LogP contribution in [0.2, 0.25) is 0 Å². The number of hydrogen-bond acceptors (Lipinski definition) is 2. The van der Waals surface area contributed by atoms with Crippen LogP contribution in [0.3, 0.4) is 0 Å². The quantitative estimate of drug-likeness (QED) is 0.894. The Morgan fingerprint density at radius 1 is 1.05 bits per heavy atom. The third-order valence-electron chi connectivity index (χ3n) is 5.48. The molecule has 0 radical (unpaired) electrons. The lowest BCUT2D eigenvalue weighted by atomic mass is 9.96. The number of hydrogen-bond donors (Lipinski definition) is 2. The molecule has 0 aliphatic heterocycles. The van der Waals surface area contributed by atoms with Crippen LogP contribution in [0.1, 0.15) is 37.7 Å². The third kappa shape index (κ3) is 2.13. The molecule has 4 heteroatoms. The number of benzene rings is 1. The van der Waals surface area contributed by atoms with E-state index in [9.17, 15) is 14.7 Å². The number of carbonyl (C=O) groups excluding carboxylic acids is 1. The highest BCUT2D eigenvalue weighted by molar-refractivity contribution is 5.93. The molecule has 1 aromatic rings. The number of nitrogens with one attached hydrogen (secondary N) is 1. The number of carboxylic acids is 1. The Morgan fingerprint density at radius 3 is 2.19 bits per heavy atom. The summed E-state index contributed by atoms with van der Waals surface area (Å²) in [5, 5.41) is 12.2. The van der Waals surface area contributed by atoms with Gasteiger partial charge in [0.15, 0.2) is 0 Å². The van der Waals surface area contributed by atoms with E-state index in [1.165, 1.54) is 6.42 Å². The van der Waals surface area contributed by atoms with Gasteiger partial charge in [-0.3, -0.25) is 9.59 Å². The maximum absolute atomic E-state index is 12.2. The fraction of sp³-hybridized carbons (Fsp3) is 0.529. The van der Waals surface area contributed by atoms with Gasteiger partial charge in [0, 0.05) is 11.6 Å². The first-order chi connectivity index (χ1) is 10.1. The number of carboxylic acid groups (broad SMARTS) is 1. The Kier molecular flexibility index (Phi) is 2.65. The molecule has 1 aromatic carbocycles. The summed E-state index contributed by atoms with van der Waals surface area (Å²) in [7, 11) is 0. The van der Waals surface area contributed by atoms with Crippen molar-refractivity contribution >= 4 is 17.6 Å². The smallest absolute Gasteiger partial charge is 0.314 e. The zero-order chi connectivity index (χ0) is 14.6. The second-order valence-electron chi connectivity index (χ2n) is 6.88. The van der Waals surface area contributed by atoms with Crippen LogP contribution < -0.4 is 5.32 Å². The lowest BCUT2D eigenvalue weighted by Gasteiger charge is -2.14. The summed E-state index contributed by atoms with van der Waals surface area (Å²) >= 11 is 0. The van der Waals surface area contributed by atoms with Gasteiger partial charge in [-0.1, -0.05) is 12.1 Å². The van der Waals surface area contributed by atoms with Crippen LogP contribution in [-0.2, 0) is 15.0 Å². The van der Waals surface area contributed by atoms with Gasteiger partial charge < -0.3 is 10.4 Å². The van der Waals surface area contributed by atoms with Crippen LogP contribution in [0.25, 0.3) is 0 Å². The topological polar surface area (TPSA) is 66.4 Å². The normalized spacial score (nSPS) is 31.3. The van der Waals surface area contributed by atoms with Gasteiger partial charge in [0.1, 0.15) is 0 Å². The van der Waals surface area contributed by atoms with E-state index >= 15 is 0 Å². The number of fused-ring (bicyclic) bond motifs is 1. The molecule has 3 aliphatic carbocycles. The van der Waals surface area contributed by atoms with E-state index in [2.05, 4.69) is 5.32 Å². The van der Waals surface area contributed by atoms with E-state index in [1.54, 1.807) is 0 Å². The average Bonchev–Trinajstić information content (AvgIpc) is 3.38. The van der Waals surface area contributed by atoms with E-state index in [1.807, 2.05) is 24.3 Å². The molecule has 4 nitrogen and oxygen atoms in total. The first kappa shape index (κ1) is 12.9. The van der Waals surface area contributed by atoms with E-state index in [0.29, 0.717) is 12.8 Å². The second-order valence-corrected chi connectivity index (χ2v) is 6.88. The van der Waals surface area contributed by atoms with Crippen molar-refractivity contribution in [2.75, 3.05) is 5.32 Å². The predicted octanol–water partition coefficient (Wildman–Crippen LogP) is 2.79. The average molecular weight is 285 g/mol. The number of amides is 1. The highest BCUT2D eigenvalue weighted by atomic mass is 16.4. The van der Waals surface area contributed by atoms with Crippen molar-refractivity contribution in [2.24, 2.45) is 17.8 Å². The maximum Gasteiger partial charge on any atom is 0.314 e. The van der Waals surface area contributed by atoms with E-state index in [4.69, 9.17) is 0 Å². The summed E-state index contributed by atoms with van der Waals surface area (Å²) in [5.41, 5.74) is 0.940. The van der Waals surface area contributed by atoms with Crippen molar-refractivity contribution < 1.29 is 14.7 Å². The lowest BCUT2D eigenvalue weighted by Crippen LogP contribution is -2.22. The molecule has 3 saturated carbocycles. The van der Waals surface area contributed by atoms with Crippen molar-refractivity contribution in [3.8, 4) is 0 Å². The van der Waals surface area contributed by atoms with E-state index < -0.39 is 11.4 Å². The van der Waals surface area contributed by atoms with Gasteiger partial charge in [0.05, 0.1) is 5.41 Å². The van der Waals surface area contributed by atoms with Gasteiger partial charge in [-0.05, 0) is 61.6 Å². The second kappa shape index (κ2) is 4.33. The van der Waals surface area contributed by atoms with Crippen molar-refractivity contribution in [2.45, 2.75) is 37.5 Å². The zero-order valence-corrected chi connectivity index (χ0v) is 11.8. The largest absolute Gasteiger partial charge is 0.481 e. The molecule has 0 heterocycles. The molecule has 21 heavy (non-hydrogen) atoms. The summed E-state index contributed by atoms with van der Waals surface area (Å²) in [6.45, 7) is 0. The van der Waals surface area contributed by atoms with Gasteiger partial charge >= 0.3 is 5.97 Å². The van der Waals surface area contributed by atoms with Gasteiger partial charge in [0.2, 0.25) is 5.91 Å². The molecule has 1 amide bonds. The Balaban J connectivity index is 1.42. The molecule has 0 saturated heterocycles. The maximum atomic E-state index is 12.2. The highest BCUT2D eigenvalue weighted by Crippen LogP contribution is 2.54. The van der Waals surface area contributed by atoms with Gasteiger partial charge in [-0.2, -0.15) is 0 Å². The summed E-state index contributed by atoms with van der Waals surface area (Å²) < 4.78 is 0. The van der Waals surface area contributed by atoms with Crippen LogP contribution in [0.5, 0.6) is 0 Å². The third-order valence-corrected chi connectivity index (χ3v) is 5.48. The van der Waals surface area contributed by atoms with E-state index in [0.717, 1.165) is 35.9 Å². The van der Waals surface area contributed by atoms with Crippen LogP contribution in [0, 0.1) is 17.8 Å². The van der Waals surface area contributed by atoms with Crippen LogP contribution in [-0.4, -0.2) is 17.0 Å². The predicted molar refractivity (Wildman–Crippen MR) is 77.9 cm³/mol. The van der Waals surface area contributed by atoms with Crippen LogP contribution in [0.4, 0.5) is 5.69 Å². The standard InChI is InChI=1S/C17H19NO3/c19-15(12-8-10-7-11(10)9-12)18-14-3-1-13(2-4-14)17(5-6-17)16(20)21/h1-4,10-12H,5-9H2,(H,18,19)(H,20,21). The Labute approximate surface area is 123 Å². The lowest BCUT2D eigenvalue weighted by molar-refractivity contribution is -0.140. The number of aliphatic carboxylic acids is 1. The first-order valence-electron chi connectivity index (χ1n) is 7.73. The van der Waals surface area contributed by atoms with E-state index in [-0.39, 0.29) is 11.8 Å². The Bertz CT molecular complexity index is 593. The van der Waals surface area contributed by atoms with Crippen molar-refractivity contribution in [1.82, 2.24) is 0 Å². The fourth-order valence-electron chi connectivity index (χ4n) is 3.80. The molecule has 0 bridgehead atoms.